The number of rotatable bonds is 5. The first-order valence-corrected chi connectivity index (χ1v) is 9.21. The highest BCUT2D eigenvalue weighted by Crippen LogP contribution is 2.27. The maximum Gasteiger partial charge on any atom is 0.262 e. The molecule has 1 fully saturated rings. The highest BCUT2D eigenvalue weighted by molar-refractivity contribution is 7.89. The second-order valence-corrected chi connectivity index (χ2v) is 8.44. The van der Waals surface area contributed by atoms with Crippen LogP contribution in [0.4, 0.5) is 0 Å². The fourth-order valence-electron chi connectivity index (χ4n) is 2.61. The van der Waals surface area contributed by atoms with Crippen LogP contribution in [0.25, 0.3) is 0 Å². The van der Waals surface area contributed by atoms with Gasteiger partial charge >= 0.3 is 0 Å². The lowest BCUT2D eigenvalue weighted by molar-refractivity contribution is 0.0930. The molecule has 2 rings (SSSR count). The molecule has 1 aliphatic carbocycles. The number of nitrogens with one attached hydrogen (secondary N) is 1. The van der Waals surface area contributed by atoms with E-state index in [-0.39, 0.29) is 27.6 Å². The van der Waals surface area contributed by atoms with Crippen LogP contribution >= 0.6 is 11.3 Å². The Balaban J connectivity index is 2.20. The highest BCUT2D eigenvalue weighted by atomic mass is 32.2. The summed E-state index contributed by atoms with van der Waals surface area (Å²) in [5, 5.41) is 4.57. The fraction of sp³-hybridized carbons (Fsp3) is 0.615. The van der Waals surface area contributed by atoms with Gasteiger partial charge in [0.2, 0.25) is 10.0 Å². The zero-order valence-electron chi connectivity index (χ0n) is 12.2. The summed E-state index contributed by atoms with van der Waals surface area (Å²) in [6.45, 7) is 0.540. The molecule has 1 amide bonds. The second kappa shape index (κ2) is 6.43. The summed E-state index contributed by atoms with van der Waals surface area (Å²) < 4.78 is 25.5. The van der Waals surface area contributed by atoms with Crippen LogP contribution in [0.2, 0.25) is 0 Å². The lowest BCUT2D eigenvalue weighted by Crippen LogP contribution is -2.40. The summed E-state index contributed by atoms with van der Waals surface area (Å²) in [7, 11) is -0.695. The zero-order valence-corrected chi connectivity index (χ0v) is 13.8. The van der Waals surface area contributed by atoms with Gasteiger partial charge in [-0.25, -0.2) is 12.7 Å². The molecule has 6 nitrogen and oxygen atoms in total. The third-order valence-electron chi connectivity index (χ3n) is 3.87. The summed E-state index contributed by atoms with van der Waals surface area (Å²) >= 11 is 1.15. The molecule has 0 aliphatic heterocycles. The van der Waals surface area contributed by atoms with Gasteiger partial charge in [0, 0.05) is 20.1 Å². The van der Waals surface area contributed by atoms with Crippen molar-refractivity contribution in [2.24, 2.45) is 11.7 Å². The van der Waals surface area contributed by atoms with Gasteiger partial charge in [-0.15, -0.1) is 11.3 Å². The third-order valence-corrected chi connectivity index (χ3v) is 6.77. The molecule has 0 aromatic carbocycles. The molecular formula is C13H21N3O3S2. The van der Waals surface area contributed by atoms with Crippen LogP contribution < -0.4 is 11.1 Å². The molecule has 0 spiro atoms. The number of amides is 1. The van der Waals surface area contributed by atoms with E-state index in [0.717, 1.165) is 34.9 Å². The van der Waals surface area contributed by atoms with Crippen LogP contribution in [-0.2, 0) is 10.0 Å². The Morgan fingerprint density at radius 3 is 2.81 bits per heavy atom. The molecule has 0 bridgehead atoms. The Morgan fingerprint density at radius 1 is 1.48 bits per heavy atom. The van der Waals surface area contributed by atoms with Gasteiger partial charge in [0.15, 0.2) is 0 Å². The summed E-state index contributed by atoms with van der Waals surface area (Å²) in [4.78, 5) is 12.7. The maximum absolute atomic E-state index is 12.4. The van der Waals surface area contributed by atoms with Gasteiger partial charge < -0.3 is 11.1 Å². The first kappa shape index (κ1) is 16.4. The van der Waals surface area contributed by atoms with Gasteiger partial charge in [-0.1, -0.05) is 6.42 Å². The number of carbonyl (C=O) groups excluding carboxylic acids is 1. The first-order valence-electron chi connectivity index (χ1n) is 6.89. The molecule has 118 valence electrons. The van der Waals surface area contributed by atoms with Crippen molar-refractivity contribution in [1.82, 2.24) is 9.62 Å². The van der Waals surface area contributed by atoms with Crippen LogP contribution in [0.1, 0.15) is 28.9 Å². The molecule has 1 heterocycles. The zero-order chi connectivity index (χ0) is 15.6. The van der Waals surface area contributed by atoms with Gasteiger partial charge in [0.05, 0.1) is 0 Å². The monoisotopic (exact) mass is 331 g/mol. The summed E-state index contributed by atoms with van der Waals surface area (Å²) in [5.74, 6) is -0.0430. The average molecular weight is 331 g/mol. The highest BCUT2D eigenvalue weighted by Gasteiger charge is 2.31. The minimum Gasteiger partial charge on any atom is -0.348 e. The topological polar surface area (TPSA) is 92.5 Å². The normalized spacial score (nSPS) is 22.7. The van der Waals surface area contributed by atoms with E-state index < -0.39 is 10.0 Å². The number of hydrogen-bond donors (Lipinski definition) is 2. The number of carbonyl (C=O) groups is 1. The molecule has 3 N–H and O–H groups in total. The summed E-state index contributed by atoms with van der Waals surface area (Å²) in [5.41, 5.74) is 5.71. The van der Waals surface area contributed by atoms with Gasteiger partial charge in [-0.2, -0.15) is 0 Å². The van der Waals surface area contributed by atoms with E-state index in [2.05, 4.69) is 5.32 Å². The van der Waals surface area contributed by atoms with Crippen molar-refractivity contribution >= 4 is 27.3 Å². The van der Waals surface area contributed by atoms with Crippen LogP contribution in [0.3, 0.4) is 0 Å². The molecule has 8 heteroatoms. The molecular weight excluding hydrogens is 310 g/mol. The molecule has 1 aromatic rings. The quantitative estimate of drug-likeness (QED) is 0.837. The van der Waals surface area contributed by atoms with Crippen molar-refractivity contribution < 1.29 is 13.2 Å². The predicted molar refractivity (Wildman–Crippen MR) is 82.8 cm³/mol. The predicted octanol–water partition coefficient (Wildman–Crippen LogP) is 0.856. The van der Waals surface area contributed by atoms with Crippen LogP contribution in [0.15, 0.2) is 16.3 Å². The minimum atomic E-state index is -3.60. The van der Waals surface area contributed by atoms with E-state index in [1.165, 1.54) is 20.2 Å². The molecule has 0 radical (unpaired) electrons. The molecule has 1 aromatic heterocycles. The van der Waals surface area contributed by atoms with E-state index >= 15 is 0 Å². The van der Waals surface area contributed by atoms with Crippen molar-refractivity contribution in [3.8, 4) is 0 Å². The van der Waals surface area contributed by atoms with Gasteiger partial charge in [0.1, 0.15) is 9.77 Å². The van der Waals surface area contributed by atoms with Crippen molar-refractivity contribution in [1.29, 1.82) is 0 Å². The second-order valence-electron chi connectivity index (χ2n) is 5.41. The lowest BCUT2D eigenvalue weighted by atomic mass is 10.0. The molecule has 2 atom stereocenters. The molecule has 1 aliphatic rings. The maximum atomic E-state index is 12.4. The van der Waals surface area contributed by atoms with Crippen molar-refractivity contribution in [3.63, 3.8) is 0 Å². The van der Waals surface area contributed by atoms with Crippen molar-refractivity contribution in [3.05, 3.63) is 16.3 Å². The van der Waals surface area contributed by atoms with E-state index in [1.54, 1.807) is 5.38 Å². The van der Waals surface area contributed by atoms with E-state index in [1.807, 2.05) is 0 Å². The molecule has 21 heavy (non-hydrogen) atoms. The lowest BCUT2D eigenvalue weighted by Gasteiger charge is -2.19. The van der Waals surface area contributed by atoms with Crippen molar-refractivity contribution in [2.45, 2.75) is 30.2 Å². The average Bonchev–Trinajstić information content (AvgIpc) is 3.06. The smallest absolute Gasteiger partial charge is 0.262 e. The van der Waals surface area contributed by atoms with Crippen LogP contribution in [-0.4, -0.2) is 45.3 Å². The van der Waals surface area contributed by atoms with Crippen LogP contribution in [0, 0.1) is 5.92 Å². The standard InChI is InChI=1S/C13H21N3O3S2/c1-16(2)21(18,19)11-6-7-20-12(11)13(17)15-10-5-3-4-9(10)8-14/h6-7,9-10H,3-5,8,14H2,1-2H3,(H,15,17). The van der Waals surface area contributed by atoms with Crippen LogP contribution in [0.5, 0.6) is 0 Å². The van der Waals surface area contributed by atoms with E-state index in [4.69, 9.17) is 5.73 Å². The number of nitrogens with zero attached hydrogens (tertiary/aromatic N) is 1. The van der Waals surface area contributed by atoms with Gasteiger partial charge in [-0.3, -0.25) is 4.79 Å². The van der Waals surface area contributed by atoms with Gasteiger partial charge in [0.25, 0.3) is 5.91 Å². The van der Waals surface area contributed by atoms with Gasteiger partial charge in [-0.05, 0) is 36.8 Å². The summed E-state index contributed by atoms with van der Waals surface area (Å²) in [6, 6.07) is 1.52. The van der Waals surface area contributed by atoms with E-state index in [9.17, 15) is 13.2 Å². The number of sulfonamides is 1. The molecule has 1 saturated carbocycles. The van der Waals surface area contributed by atoms with Crippen molar-refractivity contribution in [2.75, 3.05) is 20.6 Å². The Morgan fingerprint density at radius 2 is 2.19 bits per heavy atom. The Bertz CT molecular complexity index is 610. The molecule has 2 unspecified atom stereocenters. The Labute approximate surface area is 129 Å². The Hall–Kier alpha value is -0.960. The number of thiophene rings is 1. The minimum absolute atomic E-state index is 0.0412. The SMILES string of the molecule is CN(C)S(=O)(=O)c1ccsc1C(=O)NC1CCCC1CN. The fourth-order valence-corrected chi connectivity index (χ4v) is 4.80. The molecule has 0 saturated heterocycles. The third kappa shape index (κ3) is 3.28. The number of nitrogens with two attached hydrogens (primary N) is 1. The largest absolute Gasteiger partial charge is 0.348 e. The van der Waals surface area contributed by atoms with E-state index in [0.29, 0.717) is 6.54 Å². The first-order chi connectivity index (χ1) is 9.87. The number of hydrogen-bond acceptors (Lipinski definition) is 5. The Kier molecular flexibility index (Phi) is 5.03. The summed E-state index contributed by atoms with van der Waals surface area (Å²) in [6.07, 6.45) is 2.95.